The number of benzene rings is 2. The van der Waals surface area contributed by atoms with Gasteiger partial charge in [0.15, 0.2) is 0 Å². The van der Waals surface area contributed by atoms with Crippen molar-refractivity contribution in [2.45, 2.75) is 36.5 Å². The van der Waals surface area contributed by atoms with Crippen molar-refractivity contribution in [1.29, 1.82) is 0 Å². The summed E-state index contributed by atoms with van der Waals surface area (Å²) in [5, 5.41) is 0. The van der Waals surface area contributed by atoms with Gasteiger partial charge >= 0.3 is 6.18 Å². The molecule has 0 amide bonds. The minimum Gasteiger partial charge on any atom is -0.497 e. The average molecular weight is 385 g/mol. The van der Waals surface area contributed by atoms with Gasteiger partial charge in [0.25, 0.3) is 0 Å². The van der Waals surface area contributed by atoms with Crippen LogP contribution in [0.15, 0.2) is 53.4 Å². The Morgan fingerprint density at radius 1 is 1.12 bits per heavy atom. The lowest BCUT2D eigenvalue weighted by atomic mass is 10.2. The number of nitrogens with zero attached hydrogens (tertiary/aromatic N) is 1. The molecular weight excluding hydrogens is 367 g/mol. The number of halogens is 3. The zero-order valence-electron chi connectivity index (χ0n) is 14.0. The summed E-state index contributed by atoms with van der Waals surface area (Å²) in [5.41, 5.74) is -0.230. The Hall–Kier alpha value is -2.06. The smallest absolute Gasteiger partial charge is 0.416 e. The first kappa shape index (κ1) is 18.7. The second-order valence-electron chi connectivity index (χ2n) is 6.16. The van der Waals surface area contributed by atoms with Gasteiger partial charge in [0.1, 0.15) is 5.75 Å². The Balaban J connectivity index is 1.91. The predicted molar refractivity (Wildman–Crippen MR) is 90.2 cm³/mol. The summed E-state index contributed by atoms with van der Waals surface area (Å²) in [6.45, 7) is 0.104. The van der Waals surface area contributed by atoms with E-state index in [1.165, 1.54) is 17.5 Å². The maximum atomic E-state index is 13.0. The molecule has 0 spiro atoms. The van der Waals surface area contributed by atoms with Crippen LogP contribution < -0.4 is 4.74 Å². The Morgan fingerprint density at radius 3 is 2.31 bits per heavy atom. The third-order valence-electron chi connectivity index (χ3n) is 4.22. The Morgan fingerprint density at radius 2 is 1.77 bits per heavy atom. The second kappa shape index (κ2) is 6.92. The number of ether oxygens (including phenoxy) is 1. The fourth-order valence-corrected chi connectivity index (χ4v) is 4.37. The molecule has 0 atom stereocenters. The van der Waals surface area contributed by atoms with E-state index in [9.17, 15) is 21.6 Å². The molecule has 0 aromatic heterocycles. The van der Waals surface area contributed by atoms with E-state index in [2.05, 4.69) is 0 Å². The van der Waals surface area contributed by atoms with E-state index in [1.54, 1.807) is 24.3 Å². The quantitative estimate of drug-likeness (QED) is 0.753. The third-order valence-corrected chi connectivity index (χ3v) is 6.11. The van der Waals surface area contributed by atoms with Crippen LogP contribution in [-0.2, 0) is 22.7 Å². The topological polar surface area (TPSA) is 46.6 Å². The van der Waals surface area contributed by atoms with Crippen molar-refractivity contribution in [1.82, 2.24) is 4.31 Å². The van der Waals surface area contributed by atoms with Gasteiger partial charge in [-0.05, 0) is 48.7 Å². The van der Waals surface area contributed by atoms with Crippen molar-refractivity contribution < 1.29 is 26.3 Å². The summed E-state index contributed by atoms with van der Waals surface area (Å²) in [7, 11) is -2.50. The Bertz CT molecular complexity index is 875. The van der Waals surface area contributed by atoms with Gasteiger partial charge in [-0.25, -0.2) is 8.42 Å². The zero-order chi connectivity index (χ0) is 18.9. The van der Waals surface area contributed by atoms with Gasteiger partial charge in [-0.3, -0.25) is 0 Å². The lowest BCUT2D eigenvalue weighted by molar-refractivity contribution is -0.137. The maximum Gasteiger partial charge on any atom is 0.416 e. The minimum absolute atomic E-state index is 0.104. The largest absolute Gasteiger partial charge is 0.497 e. The van der Waals surface area contributed by atoms with E-state index >= 15 is 0 Å². The number of hydrogen-bond donors (Lipinski definition) is 0. The van der Waals surface area contributed by atoms with Crippen molar-refractivity contribution >= 4 is 10.0 Å². The van der Waals surface area contributed by atoms with E-state index in [1.807, 2.05) is 0 Å². The van der Waals surface area contributed by atoms with Gasteiger partial charge in [0.05, 0.1) is 17.6 Å². The Labute approximate surface area is 150 Å². The van der Waals surface area contributed by atoms with Gasteiger partial charge < -0.3 is 4.74 Å². The Kier molecular flexibility index (Phi) is 4.98. The van der Waals surface area contributed by atoms with Crippen molar-refractivity contribution in [3.8, 4) is 5.75 Å². The number of alkyl halides is 3. The molecule has 140 valence electrons. The summed E-state index contributed by atoms with van der Waals surface area (Å²) in [6.07, 6.45) is -3.19. The zero-order valence-corrected chi connectivity index (χ0v) is 14.8. The molecule has 1 fully saturated rings. The summed E-state index contributed by atoms with van der Waals surface area (Å²) >= 11 is 0. The standard InChI is InChI=1S/C18H18F3NO3S/c1-25-16-9-5-13(6-10-16)12-22(15-7-8-15)26(23,24)17-4-2-3-14(11-17)18(19,20)21/h2-6,9-11,15H,7-8,12H2,1H3. The van der Waals surface area contributed by atoms with Crippen LogP contribution >= 0.6 is 0 Å². The molecule has 0 bridgehead atoms. The molecule has 2 aromatic carbocycles. The predicted octanol–water partition coefficient (Wildman–Crippen LogP) is 4.07. The molecule has 0 radical (unpaired) electrons. The average Bonchev–Trinajstić information content (AvgIpc) is 3.44. The van der Waals surface area contributed by atoms with Crippen molar-refractivity contribution in [3.63, 3.8) is 0 Å². The van der Waals surface area contributed by atoms with Crippen LogP contribution in [0.5, 0.6) is 5.75 Å². The van der Waals surface area contributed by atoms with Crippen LogP contribution in [0.4, 0.5) is 13.2 Å². The van der Waals surface area contributed by atoms with E-state index in [0.29, 0.717) is 24.7 Å². The molecule has 0 saturated heterocycles. The first-order valence-electron chi connectivity index (χ1n) is 8.04. The minimum atomic E-state index is -4.59. The molecule has 1 aliphatic rings. The fourth-order valence-electron chi connectivity index (χ4n) is 2.65. The molecule has 26 heavy (non-hydrogen) atoms. The fraction of sp³-hybridized carbons (Fsp3) is 0.333. The molecule has 3 rings (SSSR count). The van der Waals surface area contributed by atoms with Crippen LogP contribution in [0, 0.1) is 0 Å². The van der Waals surface area contributed by atoms with Crippen molar-refractivity contribution in [2.75, 3.05) is 7.11 Å². The first-order valence-corrected chi connectivity index (χ1v) is 9.48. The van der Waals surface area contributed by atoms with E-state index < -0.39 is 21.8 Å². The SMILES string of the molecule is COc1ccc(CN(C2CC2)S(=O)(=O)c2cccc(C(F)(F)F)c2)cc1. The summed E-state index contributed by atoms with van der Waals surface area (Å²) < 4.78 is 71.0. The van der Waals surface area contributed by atoms with Crippen LogP contribution in [0.25, 0.3) is 0 Å². The highest BCUT2D eigenvalue weighted by Crippen LogP contribution is 2.36. The van der Waals surface area contributed by atoms with Crippen LogP contribution in [0.3, 0.4) is 0 Å². The van der Waals surface area contributed by atoms with Crippen LogP contribution in [0.2, 0.25) is 0 Å². The van der Waals surface area contributed by atoms with Crippen molar-refractivity contribution in [3.05, 3.63) is 59.7 Å². The lowest BCUT2D eigenvalue weighted by Crippen LogP contribution is -2.32. The van der Waals surface area contributed by atoms with E-state index in [0.717, 1.165) is 17.7 Å². The van der Waals surface area contributed by atoms with Gasteiger partial charge in [0.2, 0.25) is 10.0 Å². The summed E-state index contributed by atoms with van der Waals surface area (Å²) in [6, 6.07) is 10.6. The van der Waals surface area contributed by atoms with Gasteiger partial charge in [-0.1, -0.05) is 18.2 Å². The summed E-state index contributed by atoms with van der Waals surface area (Å²) in [5.74, 6) is 0.646. The highest BCUT2D eigenvalue weighted by atomic mass is 32.2. The number of methoxy groups -OCH3 is 1. The monoisotopic (exact) mass is 385 g/mol. The van der Waals surface area contributed by atoms with E-state index in [-0.39, 0.29) is 17.5 Å². The number of rotatable bonds is 6. The van der Waals surface area contributed by atoms with Gasteiger partial charge in [0, 0.05) is 12.6 Å². The molecule has 0 aliphatic heterocycles. The first-order chi connectivity index (χ1) is 12.2. The molecule has 1 aliphatic carbocycles. The normalized spacial score (nSPS) is 15.3. The molecule has 1 saturated carbocycles. The molecule has 0 heterocycles. The molecule has 2 aromatic rings. The molecule has 0 unspecified atom stereocenters. The summed E-state index contributed by atoms with van der Waals surface area (Å²) in [4.78, 5) is -0.340. The van der Waals surface area contributed by atoms with Crippen molar-refractivity contribution in [2.24, 2.45) is 0 Å². The van der Waals surface area contributed by atoms with Crippen LogP contribution in [-0.4, -0.2) is 25.9 Å². The number of sulfonamides is 1. The van der Waals surface area contributed by atoms with Gasteiger partial charge in [-0.2, -0.15) is 17.5 Å². The van der Waals surface area contributed by atoms with E-state index in [4.69, 9.17) is 4.74 Å². The highest BCUT2D eigenvalue weighted by molar-refractivity contribution is 7.89. The maximum absolute atomic E-state index is 13.0. The molecule has 8 heteroatoms. The number of hydrogen-bond acceptors (Lipinski definition) is 3. The second-order valence-corrected chi connectivity index (χ2v) is 8.05. The molecule has 0 N–H and O–H groups in total. The van der Waals surface area contributed by atoms with Gasteiger partial charge in [-0.15, -0.1) is 0 Å². The van der Waals surface area contributed by atoms with Crippen LogP contribution in [0.1, 0.15) is 24.0 Å². The molecular formula is C18H18F3NO3S. The molecule has 4 nitrogen and oxygen atoms in total. The lowest BCUT2D eigenvalue weighted by Gasteiger charge is -2.22. The highest BCUT2D eigenvalue weighted by Gasteiger charge is 2.39. The third kappa shape index (κ3) is 4.02.